The van der Waals surface area contributed by atoms with Crippen LogP contribution in [0.4, 0.5) is 0 Å². The number of hydrogen-bond donors (Lipinski definition) is 0. The summed E-state index contributed by atoms with van der Waals surface area (Å²) in [6.45, 7) is 1.19. The molecule has 0 radical (unpaired) electrons. The van der Waals surface area contributed by atoms with Gasteiger partial charge in [-0.2, -0.15) is 0 Å². The van der Waals surface area contributed by atoms with E-state index in [9.17, 15) is 4.79 Å². The van der Waals surface area contributed by atoms with Crippen LogP contribution in [-0.4, -0.2) is 37.3 Å². The molecule has 1 aliphatic rings. The van der Waals surface area contributed by atoms with Crippen LogP contribution in [0.2, 0.25) is 0 Å². The second-order valence-corrected chi connectivity index (χ2v) is 5.22. The number of carbonyl (C=O) groups excluding carboxylic acids is 1. The molecule has 0 unspecified atom stereocenters. The Balaban J connectivity index is 1.66. The standard InChI is InChI=1S/C16H13N5O/c22-16(14-3-6-17-10-19-14)21-7-4-13-12(9-21)8-11-2-1-5-18-15(11)20-13/h1-3,5-6,8,10H,4,7,9H2. The number of amides is 1. The molecule has 108 valence electrons. The Hall–Kier alpha value is -2.89. The molecule has 0 saturated carbocycles. The Kier molecular flexibility index (Phi) is 3.00. The molecule has 0 atom stereocenters. The van der Waals surface area contributed by atoms with Crippen LogP contribution < -0.4 is 0 Å². The molecule has 1 aliphatic heterocycles. The molecule has 1 amide bonds. The largest absolute Gasteiger partial charge is 0.333 e. The van der Waals surface area contributed by atoms with E-state index in [2.05, 4.69) is 26.0 Å². The van der Waals surface area contributed by atoms with Crippen molar-refractivity contribution in [1.82, 2.24) is 24.8 Å². The number of carbonyl (C=O) groups is 1. The average Bonchev–Trinajstić information content (AvgIpc) is 2.59. The maximum Gasteiger partial charge on any atom is 0.272 e. The summed E-state index contributed by atoms with van der Waals surface area (Å²) in [5, 5.41) is 0.998. The zero-order valence-electron chi connectivity index (χ0n) is 11.8. The van der Waals surface area contributed by atoms with Gasteiger partial charge in [0, 0.05) is 43.0 Å². The van der Waals surface area contributed by atoms with E-state index in [-0.39, 0.29) is 5.91 Å². The maximum absolute atomic E-state index is 12.5. The highest BCUT2D eigenvalue weighted by Gasteiger charge is 2.23. The van der Waals surface area contributed by atoms with Crippen LogP contribution in [0.25, 0.3) is 11.0 Å². The molecule has 22 heavy (non-hydrogen) atoms. The van der Waals surface area contributed by atoms with Gasteiger partial charge in [0.25, 0.3) is 5.91 Å². The number of nitrogens with zero attached hydrogens (tertiary/aromatic N) is 5. The summed E-state index contributed by atoms with van der Waals surface area (Å²) < 4.78 is 0. The first-order chi connectivity index (χ1) is 10.8. The van der Waals surface area contributed by atoms with E-state index in [1.54, 1.807) is 23.4 Å². The molecule has 0 N–H and O–H groups in total. The van der Waals surface area contributed by atoms with Gasteiger partial charge in [-0.15, -0.1) is 0 Å². The molecular formula is C16H13N5O. The van der Waals surface area contributed by atoms with Gasteiger partial charge in [0.1, 0.15) is 12.0 Å². The molecule has 6 heteroatoms. The van der Waals surface area contributed by atoms with Gasteiger partial charge >= 0.3 is 0 Å². The van der Waals surface area contributed by atoms with E-state index < -0.39 is 0 Å². The van der Waals surface area contributed by atoms with Crippen molar-refractivity contribution in [2.75, 3.05) is 6.54 Å². The fraction of sp³-hybridized carbons (Fsp3) is 0.188. The van der Waals surface area contributed by atoms with Gasteiger partial charge in [-0.1, -0.05) is 0 Å². The van der Waals surface area contributed by atoms with E-state index in [0.717, 1.165) is 28.7 Å². The van der Waals surface area contributed by atoms with Gasteiger partial charge in [0.15, 0.2) is 5.65 Å². The highest BCUT2D eigenvalue weighted by Crippen LogP contribution is 2.22. The Morgan fingerprint density at radius 1 is 1.18 bits per heavy atom. The second kappa shape index (κ2) is 5.14. The first-order valence-electron chi connectivity index (χ1n) is 7.10. The summed E-state index contributed by atoms with van der Waals surface area (Å²) in [7, 11) is 0. The zero-order valence-corrected chi connectivity index (χ0v) is 11.8. The molecular weight excluding hydrogens is 278 g/mol. The molecule has 3 aromatic heterocycles. The van der Waals surface area contributed by atoms with Crippen LogP contribution in [0.5, 0.6) is 0 Å². The minimum Gasteiger partial charge on any atom is -0.333 e. The van der Waals surface area contributed by atoms with E-state index in [1.807, 2.05) is 12.1 Å². The second-order valence-electron chi connectivity index (χ2n) is 5.22. The third-order valence-electron chi connectivity index (χ3n) is 3.83. The van der Waals surface area contributed by atoms with Crippen LogP contribution in [0, 0.1) is 0 Å². The summed E-state index contributed by atoms with van der Waals surface area (Å²) >= 11 is 0. The molecule has 6 nitrogen and oxygen atoms in total. The summed E-state index contributed by atoms with van der Waals surface area (Å²) in [5.41, 5.74) is 3.29. The molecule has 0 aliphatic carbocycles. The normalized spacial score (nSPS) is 13.9. The Labute approximate surface area is 126 Å². The molecule has 4 rings (SSSR count). The number of rotatable bonds is 1. The van der Waals surface area contributed by atoms with Crippen LogP contribution in [0.15, 0.2) is 43.0 Å². The average molecular weight is 291 g/mol. The number of pyridine rings is 2. The number of fused-ring (bicyclic) bond motifs is 2. The van der Waals surface area contributed by atoms with E-state index in [0.29, 0.717) is 18.8 Å². The summed E-state index contributed by atoms with van der Waals surface area (Å²) in [5.74, 6) is -0.0701. The summed E-state index contributed by atoms with van der Waals surface area (Å²) in [4.78, 5) is 31.0. The number of aromatic nitrogens is 4. The van der Waals surface area contributed by atoms with Crippen molar-refractivity contribution in [3.8, 4) is 0 Å². The predicted octanol–water partition coefficient (Wildman–Crippen LogP) is 1.62. The van der Waals surface area contributed by atoms with Crippen LogP contribution in [-0.2, 0) is 13.0 Å². The quantitative estimate of drug-likeness (QED) is 0.681. The Morgan fingerprint density at radius 2 is 2.14 bits per heavy atom. The van der Waals surface area contributed by atoms with Crippen molar-refractivity contribution >= 4 is 16.9 Å². The maximum atomic E-state index is 12.5. The molecule has 0 aromatic carbocycles. The first-order valence-corrected chi connectivity index (χ1v) is 7.10. The van der Waals surface area contributed by atoms with Gasteiger partial charge in [-0.3, -0.25) is 4.79 Å². The van der Waals surface area contributed by atoms with Crippen LogP contribution in [0.1, 0.15) is 21.7 Å². The predicted molar refractivity (Wildman–Crippen MR) is 80.0 cm³/mol. The topological polar surface area (TPSA) is 71.9 Å². The van der Waals surface area contributed by atoms with Crippen molar-refractivity contribution in [3.63, 3.8) is 0 Å². The highest BCUT2D eigenvalue weighted by atomic mass is 16.2. The lowest BCUT2D eigenvalue weighted by molar-refractivity contribution is 0.0727. The fourth-order valence-electron chi connectivity index (χ4n) is 2.72. The minimum absolute atomic E-state index is 0.0701. The number of hydrogen-bond acceptors (Lipinski definition) is 5. The Morgan fingerprint density at radius 3 is 3.00 bits per heavy atom. The summed E-state index contributed by atoms with van der Waals surface area (Å²) in [6.07, 6.45) is 5.46. The highest BCUT2D eigenvalue weighted by molar-refractivity contribution is 5.92. The van der Waals surface area contributed by atoms with Crippen molar-refractivity contribution in [2.24, 2.45) is 0 Å². The molecule has 0 saturated heterocycles. The smallest absolute Gasteiger partial charge is 0.272 e. The Bertz CT molecular complexity index is 850. The van der Waals surface area contributed by atoms with Gasteiger partial charge in [-0.05, 0) is 29.8 Å². The monoisotopic (exact) mass is 291 g/mol. The van der Waals surface area contributed by atoms with Gasteiger partial charge in [0.2, 0.25) is 0 Å². The van der Waals surface area contributed by atoms with Crippen molar-refractivity contribution in [2.45, 2.75) is 13.0 Å². The zero-order chi connectivity index (χ0) is 14.9. The van der Waals surface area contributed by atoms with Gasteiger partial charge in [-0.25, -0.2) is 19.9 Å². The molecule has 3 aromatic rings. The lowest BCUT2D eigenvalue weighted by Crippen LogP contribution is -2.36. The van der Waals surface area contributed by atoms with Crippen molar-refractivity contribution in [3.05, 3.63) is 59.9 Å². The fourth-order valence-corrected chi connectivity index (χ4v) is 2.72. The van der Waals surface area contributed by atoms with E-state index in [4.69, 9.17) is 0 Å². The lowest BCUT2D eigenvalue weighted by Gasteiger charge is -2.28. The SMILES string of the molecule is O=C(c1ccncn1)N1CCc2nc3ncccc3cc2C1. The van der Waals surface area contributed by atoms with E-state index >= 15 is 0 Å². The molecule has 0 fully saturated rings. The summed E-state index contributed by atoms with van der Waals surface area (Å²) in [6, 6.07) is 7.59. The first kappa shape index (κ1) is 12.8. The molecule has 0 spiro atoms. The van der Waals surface area contributed by atoms with Crippen LogP contribution >= 0.6 is 0 Å². The van der Waals surface area contributed by atoms with Crippen molar-refractivity contribution < 1.29 is 4.79 Å². The van der Waals surface area contributed by atoms with Crippen molar-refractivity contribution in [1.29, 1.82) is 0 Å². The van der Waals surface area contributed by atoms with E-state index in [1.165, 1.54) is 6.33 Å². The third-order valence-corrected chi connectivity index (χ3v) is 3.83. The van der Waals surface area contributed by atoms with Gasteiger partial charge < -0.3 is 4.90 Å². The van der Waals surface area contributed by atoms with Gasteiger partial charge in [0.05, 0.1) is 0 Å². The lowest BCUT2D eigenvalue weighted by atomic mass is 10.0. The van der Waals surface area contributed by atoms with Crippen LogP contribution in [0.3, 0.4) is 0 Å². The molecule has 4 heterocycles. The minimum atomic E-state index is -0.0701. The molecule has 0 bridgehead atoms. The third kappa shape index (κ3) is 2.18.